The zero-order valence-corrected chi connectivity index (χ0v) is 10.9. The van der Waals surface area contributed by atoms with Crippen molar-refractivity contribution in [3.8, 4) is 11.8 Å². The average Bonchev–Trinajstić information content (AvgIpc) is 2.19. The van der Waals surface area contributed by atoms with E-state index in [-0.39, 0.29) is 0 Å². The molecule has 16 heavy (non-hydrogen) atoms. The summed E-state index contributed by atoms with van der Waals surface area (Å²) in [5, 5.41) is 16.0. The molecule has 92 valence electrons. The van der Waals surface area contributed by atoms with Gasteiger partial charge < -0.3 is 15.7 Å². The van der Waals surface area contributed by atoms with Crippen LogP contribution in [0.25, 0.3) is 0 Å². The molecule has 0 fully saturated rings. The summed E-state index contributed by atoms with van der Waals surface area (Å²) in [5.74, 6) is 6.54. The van der Waals surface area contributed by atoms with Crippen LogP contribution in [0.15, 0.2) is 11.9 Å². The van der Waals surface area contributed by atoms with Crippen molar-refractivity contribution in [1.82, 2.24) is 10.6 Å². The predicted octanol–water partition coefficient (Wildman–Crippen LogP) is 1.60. The predicted molar refractivity (Wildman–Crippen MR) is 68.7 cm³/mol. The summed E-state index contributed by atoms with van der Waals surface area (Å²) in [6, 6.07) is 0. The van der Waals surface area contributed by atoms with Crippen molar-refractivity contribution in [2.24, 2.45) is 0 Å². The molecule has 0 aliphatic carbocycles. The van der Waals surface area contributed by atoms with Gasteiger partial charge in [-0.25, -0.2) is 0 Å². The van der Waals surface area contributed by atoms with Crippen LogP contribution < -0.4 is 10.6 Å². The number of aliphatic hydroxyl groups is 1. The fourth-order valence-electron chi connectivity index (χ4n) is 0.969. The van der Waals surface area contributed by atoms with Gasteiger partial charge in [0, 0.05) is 19.2 Å². The molecule has 0 saturated heterocycles. The Balaban J connectivity index is 4.34. The van der Waals surface area contributed by atoms with E-state index in [0.29, 0.717) is 0 Å². The maximum absolute atomic E-state index is 9.44. The van der Waals surface area contributed by atoms with Crippen LogP contribution in [-0.2, 0) is 0 Å². The minimum Gasteiger partial charge on any atom is -0.378 e. The molecule has 0 atom stereocenters. The molecule has 3 heteroatoms. The molecule has 0 spiro atoms. The summed E-state index contributed by atoms with van der Waals surface area (Å²) in [6.45, 7) is 9.43. The van der Waals surface area contributed by atoms with Crippen molar-refractivity contribution in [3.05, 3.63) is 11.9 Å². The summed E-state index contributed by atoms with van der Waals surface area (Å²) >= 11 is 0. The lowest BCUT2D eigenvalue weighted by Gasteiger charge is -2.11. The van der Waals surface area contributed by atoms with Crippen LogP contribution in [0.3, 0.4) is 0 Å². The zero-order valence-electron chi connectivity index (χ0n) is 10.9. The van der Waals surface area contributed by atoms with E-state index >= 15 is 0 Å². The highest BCUT2D eigenvalue weighted by molar-refractivity contribution is 5.23. The van der Waals surface area contributed by atoms with Crippen LogP contribution in [0.2, 0.25) is 0 Å². The Hall–Kier alpha value is -1.14. The van der Waals surface area contributed by atoms with Gasteiger partial charge in [0.25, 0.3) is 0 Å². The number of allylic oxidation sites excluding steroid dienone is 1. The normalized spacial score (nSPS) is 10.1. The van der Waals surface area contributed by atoms with Crippen molar-refractivity contribution in [3.63, 3.8) is 0 Å². The van der Waals surface area contributed by atoms with Crippen molar-refractivity contribution >= 4 is 0 Å². The molecule has 0 aromatic rings. The van der Waals surface area contributed by atoms with E-state index in [0.717, 1.165) is 31.8 Å². The number of nitrogens with one attached hydrogen (secondary N) is 2. The van der Waals surface area contributed by atoms with Gasteiger partial charge in [0.05, 0.1) is 0 Å². The lowest BCUT2D eigenvalue weighted by atomic mass is 10.1. The van der Waals surface area contributed by atoms with E-state index in [1.165, 1.54) is 0 Å². The quantitative estimate of drug-likeness (QED) is 0.601. The smallest absolute Gasteiger partial charge is 0.120 e. The van der Waals surface area contributed by atoms with E-state index in [9.17, 15) is 5.11 Å². The minimum absolute atomic E-state index is 0.923. The third kappa shape index (κ3) is 9.42. The molecule has 0 radical (unpaired) electrons. The molecule has 0 heterocycles. The number of rotatable bonds is 6. The van der Waals surface area contributed by atoms with E-state index < -0.39 is 5.60 Å². The van der Waals surface area contributed by atoms with Gasteiger partial charge >= 0.3 is 0 Å². The molecular formula is C13H24N2O. The molecule has 0 unspecified atom stereocenters. The molecular weight excluding hydrogens is 200 g/mol. The van der Waals surface area contributed by atoms with E-state index in [1.54, 1.807) is 19.9 Å². The maximum atomic E-state index is 9.44. The second kappa shape index (κ2) is 8.06. The Morgan fingerprint density at radius 1 is 1.19 bits per heavy atom. The summed E-state index contributed by atoms with van der Waals surface area (Å²) in [4.78, 5) is 0. The lowest BCUT2D eigenvalue weighted by Crippen LogP contribution is -2.27. The van der Waals surface area contributed by atoms with Crippen molar-refractivity contribution in [2.75, 3.05) is 13.1 Å². The first kappa shape index (κ1) is 14.9. The Labute approximate surface area is 99.3 Å². The van der Waals surface area contributed by atoms with Crippen molar-refractivity contribution in [2.45, 2.75) is 46.1 Å². The van der Waals surface area contributed by atoms with Gasteiger partial charge in [0.2, 0.25) is 0 Å². The summed E-state index contributed by atoms with van der Waals surface area (Å²) in [5.41, 5.74) is -0.933. The topological polar surface area (TPSA) is 44.3 Å². The third-order valence-corrected chi connectivity index (χ3v) is 1.73. The number of hydrogen-bond donors (Lipinski definition) is 3. The molecule has 3 nitrogen and oxygen atoms in total. The average molecular weight is 224 g/mol. The molecule has 0 aromatic carbocycles. The molecule has 0 saturated carbocycles. The third-order valence-electron chi connectivity index (χ3n) is 1.73. The van der Waals surface area contributed by atoms with E-state index in [1.807, 2.05) is 0 Å². The molecule has 0 bridgehead atoms. The van der Waals surface area contributed by atoms with E-state index in [2.05, 4.69) is 36.3 Å². The Morgan fingerprint density at radius 2 is 1.69 bits per heavy atom. The highest BCUT2D eigenvalue weighted by Gasteiger charge is 2.04. The van der Waals surface area contributed by atoms with Crippen molar-refractivity contribution in [1.29, 1.82) is 0 Å². The fourth-order valence-corrected chi connectivity index (χ4v) is 0.969. The second-order valence-corrected chi connectivity index (χ2v) is 4.24. The first-order valence-corrected chi connectivity index (χ1v) is 5.92. The van der Waals surface area contributed by atoms with Crippen LogP contribution in [0, 0.1) is 11.8 Å². The fraction of sp³-hybridized carbons (Fsp3) is 0.692. The van der Waals surface area contributed by atoms with Gasteiger partial charge in [0.1, 0.15) is 11.4 Å². The van der Waals surface area contributed by atoms with Crippen LogP contribution in [0.1, 0.15) is 40.5 Å². The second-order valence-electron chi connectivity index (χ2n) is 4.24. The zero-order chi connectivity index (χ0) is 12.4. The lowest BCUT2D eigenvalue weighted by molar-refractivity contribution is 0.143. The van der Waals surface area contributed by atoms with Crippen LogP contribution in [0.4, 0.5) is 0 Å². The van der Waals surface area contributed by atoms with Crippen LogP contribution in [-0.4, -0.2) is 23.8 Å². The first-order valence-electron chi connectivity index (χ1n) is 5.92. The highest BCUT2D eigenvalue weighted by atomic mass is 16.3. The van der Waals surface area contributed by atoms with Gasteiger partial charge in [-0.3, -0.25) is 0 Å². The maximum Gasteiger partial charge on any atom is 0.120 e. The first-order chi connectivity index (χ1) is 7.49. The molecule has 3 N–H and O–H groups in total. The standard InChI is InChI=1S/C13H24N2O/c1-5-10-14-12(15-11-6-2)8-7-9-13(3,4)16/h8,14-16H,5-6,10-11H2,1-4H3. The van der Waals surface area contributed by atoms with Gasteiger partial charge in [-0.1, -0.05) is 25.7 Å². The van der Waals surface area contributed by atoms with Gasteiger partial charge in [0.15, 0.2) is 0 Å². The summed E-state index contributed by atoms with van der Waals surface area (Å²) in [6.07, 6.45) is 3.93. The van der Waals surface area contributed by atoms with Crippen LogP contribution >= 0.6 is 0 Å². The number of hydrogen-bond acceptors (Lipinski definition) is 3. The Kier molecular flexibility index (Phi) is 7.49. The highest BCUT2D eigenvalue weighted by Crippen LogP contribution is 1.96. The molecule has 0 amide bonds. The minimum atomic E-state index is -0.933. The van der Waals surface area contributed by atoms with Gasteiger partial charge in [-0.2, -0.15) is 0 Å². The Morgan fingerprint density at radius 3 is 2.06 bits per heavy atom. The van der Waals surface area contributed by atoms with Crippen molar-refractivity contribution < 1.29 is 5.11 Å². The molecule has 0 aliphatic rings. The van der Waals surface area contributed by atoms with Crippen LogP contribution in [0.5, 0.6) is 0 Å². The molecule has 0 aromatic heterocycles. The largest absolute Gasteiger partial charge is 0.378 e. The Bertz CT molecular complexity index is 256. The monoisotopic (exact) mass is 224 g/mol. The SMILES string of the molecule is CCCNC(=CC#CC(C)(C)O)NCCC. The summed E-state index contributed by atoms with van der Waals surface area (Å²) < 4.78 is 0. The van der Waals surface area contributed by atoms with Gasteiger partial charge in [-0.15, -0.1) is 0 Å². The van der Waals surface area contributed by atoms with E-state index in [4.69, 9.17) is 0 Å². The molecule has 0 aliphatic heterocycles. The van der Waals surface area contributed by atoms with Gasteiger partial charge in [-0.05, 0) is 26.7 Å². The summed E-state index contributed by atoms with van der Waals surface area (Å²) in [7, 11) is 0. The molecule has 0 rings (SSSR count).